The first-order valence-electron chi connectivity index (χ1n) is 6.26. The molecule has 2 atom stereocenters. The Balaban J connectivity index is 1.91. The van der Waals surface area contributed by atoms with Crippen molar-refractivity contribution in [2.24, 2.45) is 11.7 Å². The molecule has 0 aliphatic carbocycles. The first-order valence-corrected chi connectivity index (χ1v) is 6.26. The van der Waals surface area contributed by atoms with E-state index in [1.54, 1.807) is 0 Å². The lowest BCUT2D eigenvalue weighted by Crippen LogP contribution is -2.57. The molecule has 0 aromatic carbocycles. The summed E-state index contributed by atoms with van der Waals surface area (Å²) in [7, 11) is 0. The Labute approximate surface area is 98.1 Å². The molecule has 2 heterocycles. The average molecular weight is 228 g/mol. The predicted molar refractivity (Wildman–Crippen MR) is 63.4 cm³/mol. The Morgan fingerprint density at radius 1 is 1.31 bits per heavy atom. The lowest BCUT2D eigenvalue weighted by atomic mass is 9.93. The van der Waals surface area contributed by atoms with Crippen LogP contribution in [0.5, 0.6) is 0 Å². The Kier molecular flexibility index (Phi) is 3.85. The van der Waals surface area contributed by atoms with Crippen molar-refractivity contribution in [3.8, 4) is 0 Å². The van der Waals surface area contributed by atoms with Crippen LogP contribution in [0.25, 0.3) is 0 Å². The summed E-state index contributed by atoms with van der Waals surface area (Å²) in [4.78, 5) is 2.50. The fraction of sp³-hybridized carbons (Fsp3) is 1.00. The largest absolute Gasteiger partial charge is 0.381 e. The second kappa shape index (κ2) is 5.00. The van der Waals surface area contributed by atoms with Crippen LogP contribution in [0.1, 0.15) is 20.3 Å². The van der Waals surface area contributed by atoms with Crippen molar-refractivity contribution in [2.75, 3.05) is 39.5 Å². The van der Waals surface area contributed by atoms with Crippen molar-refractivity contribution in [3.63, 3.8) is 0 Å². The van der Waals surface area contributed by atoms with E-state index in [1.807, 2.05) is 0 Å². The molecule has 2 aliphatic rings. The van der Waals surface area contributed by atoms with Gasteiger partial charge in [-0.05, 0) is 20.3 Å². The first-order chi connectivity index (χ1) is 7.59. The SMILES string of the molecule is CC1(C)COCCN1CC1COCCC1N. The summed E-state index contributed by atoms with van der Waals surface area (Å²) in [6.07, 6.45) is 0.995. The van der Waals surface area contributed by atoms with E-state index in [9.17, 15) is 0 Å². The highest BCUT2D eigenvalue weighted by Gasteiger charge is 2.34. The lowest BCUT2D eigenvalue weighted by molar-refractivity contribution is -0.0703. The molecular formula is C12H24N2O2. The molecule has 0 aromatic heterocycles. The predicted octanol–water partition coefficient (Wildman–Crippen LogP) is 0.461. The van der Waals surface area contributed by atoms with Crippen LogP contribution in [0.15, 0.2) is 0 Å². The van der Waals surface area contributed by atoms with E-state index in [0.29, 0.717) is 12.0 Å². The van der Waals surface area contributed by atoms with Crippen molar-refractivity contribution in [2.45, 2.75) is 31.8 Å². The molecule has 0 spiro atoms. The van der Waals surface area contributed by atoms with Crippen molar-refractivity contribution >= 4 is 0 Å². The zero-order valence-corrected chi connectivity index (χ0v) is 10.4. The normalized spacial score (nSPS) is 36.2. The standard InChI is InChI=1S/C12H24N2O2/c1-12(2)9-16-6-4-14(12)7-10-8-15-5-3-11(10)13/h10-11H,3-9,13H2,1-2H3. The van der Waals surface area contributed by atoms with Crippen LogP contribution in [0, 0.1) is 5.92 Å². The van der Waals surface area contributed by atoms with Crippen molar-refractivity contribution in [3.05, 3.63) is 0 Å². The molecule has 0 saturated carbocycles. The van der Waals surface area contributed by atoms with Gasteiger partial charge in [-0.1, -0.05) is 0 Å². The number of nitrogens with two attached hydrogens (primary N) is 1. The molecular weight excluding hydrogens is 204 g/mol. The number of hydrogen-bond donors (Lipinski definition) is 1. The van der Waals surface area contributed by atoms with Gasteiger partial charge in [0.25, 0.3) is 0 Å². The number of ether oxygens (including phenoxy) is 2. The summed E-state index contributed by atoms with van der Waals surface area (Å²) in [6.45, 7) is 9.82. The van der Waals surface area contributed by atoms with Crippen LogP contribution in [0.2, 0.25) is 0 Å². The maximum atomic E-state index is 6.15. The van der Waals surface area contributed by atoms with Gasteiger partial charge in [0.1, 0.15) is 0 Å². The van der Waals surface area contributed by atoms with Crippen LogP contribution in [0.3, 0.4) is 0 Å². The molecule has 2 fully saturated rings. The molecule has 4 heteroatoms. The topological polar surface area (TPSA) is 47.7 Å². The van der Waals surface area contributed by atoms with Crippen molar-refractivity contribution in [1.29, 1.82) is 0 Å². The fourth-order valence-corrected chi connectivity index (χ4v) is 2.51. The molecule has 16 heavy (non-hydrogen) atoms. The van der Waals surface area contributed by atoms with E-state index in [2.05, 4.69) is 18.7 Å². The van der Waals surface area contributed by atoms with Gasteiger partial charge in [0.2, 0.25) is 0 Å². The maximum absolute atomic E-state index is 6.15. The molecule has 2 N–H and O–H groups in total. The van der Waals surface area contributed by atoms with Crippen LogP contribution >= 0.6 is 0 Å². The maximum Gasteiger partial charge on any atom is 0.0645 e. The fourth-order valence-electron chi connectivity index (χ4n) is 2.51. The molecule has 2 rings (SSSR count). The Morgan fingerprint density at radius 3 is 2.81 bits per heavy atom. The average Bonchev–Trinajstić information content (AvgIpc) is 2.24. The van der Waals surface area contributed by atoms with Crippen LogP contribution in [-0.4, -0.2) is 56.0 Å². The minimum atomic E-state index is 0.134. The summed E-state index contributed by atoms with van der Waals surface area (Å²) in [5.74, 6) is 0.478. The van der Waals surface area contributed by atoms with Gasteiger partial charge in [-0.15, -0.1) is 0 Å². The molecule has 2 unspecified atom stereocenters. The number of rotatable bonds is 2. The minimum Gasteiger partial charge on any atom is -0.381 e. The first kappa shape index (κ1) is 12.3. The highest BCUT2D eigenvalue weighted by Crippen LogP contribution is 2.23. The Morgan fingerprint density at radius 2 is 2.12 bits per heavy atom. The van der Waals surface area contributed by atoms with Crippen molar-refractivity contribution in [1.82, 2.24) is 4.90 Å². The third kappa shape index (κ3) is 2.74. The number of hydrogen-bond acceptors (Lipinski definition) is 4. The van der Waals surface area contributed by atoms with Crippen LogP contribution < -0.4 is 5.73 Å². The molecule has 2 saturated heterocycles. The molecule has 0 bridgehead atoms. The second-order valence-electron chi connectivity index (χ2n) is 5.60. The smallest absolute Gasteiger partial charge is 0.0645 e. The van der Waals surface area contributed by atoms with Gasteiger partial charge in [0, 0.05) is 37.2 Å². The monoisotopic (exact) mass is 228 g/mol. The van der Waals surface area contributed by atoms with Gasteiger partial charge in [-0.2, -0.15) is 0 Å². The summed E-state index contributed by atoms with van der Waals surface area (Å²) in [5, 5.41) is 0. The van der Waals surface area contributed by atoms with E-state index >= 15 is 0 Å². The summed E-state index contributed by atoms with van der Waals surface area (Å²) in [6, 6.07) is 0.299. The summed E-state index contributed by atoms with van der Waals surface area (Å²) >= 11 is 0. The van der Waals surface area contributed by atoms with Gasteiger partial charge >= 0.3 is 0 Å². The third-order valence-corrected chi connectivity index (χ3v) is 3.80. The zero-order valence-electron chi connectivity index (χ0n) is 10.4. The van der Waals surface area contributed by atoms with Gasteiger partial charge in [-0.3, -0.25) is 4.90 Å². The Bertz CT molecular complexity index is 233. The molecule has 4 nitrogen and oxygen atoms in total. The number of morpholine rings is 1. The third-order valence-electron chi connectivity index (χ3n) is 3.80. The van der Waals surface area contributed by atoms with E-state index < -0.39 is 0 Å². The number of nitrogens with zero attached hydrogens (tertiary/aromatic N) is 1. The molecule has 0 radical (unpaired) electrons. The van der Waals surface area contributed by atoms with E-state index in [-0.39, 0.29) is 5.54 Å². The molecule has 2 aliphatic heterocycles. The van der Waals surface area contributed by atoms with E-state index in [0.717, 1.165) is 45.9 Å². The van der Waals surface area contributed by atoms with Gasteiger partial charge < -0.3 is 15.2 Å². The van der Waals surface area contributed by atoms with Gasteiger partial charge in [0.05, 0.1) is 19.8 Å². The molecule has 0 amide bonds. The summed E-state index contributed by atoms with van der Waals surface area (Å²) in [5.41, 5.74) is 6.28. The lowest BCUT2D eigenvalue weighted by Gasteiger charge is -2.45. The van der Waals surface area contributed by atoms with Crippen molar-refractivity contribution < 1.29 is 9.47 Å². The quantitative estimate of drug-likeness (QED) is 0.746. The van der Waals surface area contributed by atoms with Gasteiger partial charge in [0.15, 0.2) is 0 Å². The Hall–Kier alpha value is -0.160. The highest BCUT2D eigenvalue weighted by atomic mass is 16.5. The molecule has 94 valence electrons. The summed E-state index contributed by atoms with van der Waals surface area (Å²) < 4.78 is 11.1. The van der Waals surface area contributed by atoms with Gasteiger partial charge in [-0.25, -0.2) is 0 Å². The zero-order chi connectivity index (χ0) is 11.6. The van der Waals surface area contributed by atoms with E-state index in [1.165, 1.54) is 0 Å². The second-order valence-corrected chi connectivity index (χ2v) is 5.60. The van der Waals surface area contributed by atoms with Crippen LogP contribution in [-0.2, 0) is 9.47 Å². The minimum absolute atomic E-state index is 0.134. The van der Waals surface area contributed by atoms with Crippen LogP contribution in [0.4, 0.5) is 0 Å². The molecule has 0 aromatic rings. The van der Waals surface area contributed by atoms with E-state index in [4.69, 9.17) is 15.2 Å². The highest BCUT2D eigenvalue weighted by molar-refractivity contribution is 4.88.